The second kappa shape index (κ2) is 7.68. The van der Waals surface area contributed by atoms with Crippen molar-refractivity contribution in [1.29, 1.82) is 5.26 Å². The third-order valence-corrected chi connectivity index (χ3v) is 4.11. The first kappa shape index (κ1) is 15.4. The Bertz CT molecular complexity index is 528. The molecule has 0 radical (unpaired) electrons. The van der Waals surface area contributed by atoms with E-state index in [0.29, 0.717) is 29.3 Å². The number of carbonyl (C=O) groups is 1. The number of nitriles is 1. The van der Waals surface area contributed by atoms with Crippen LogP contribution in [-0.2, 0) is 4.79 Å². The lowest BCUT2D eigenvalue weighted by Crippen LogP contribution is -2.15. The molecule has 1 aliphatic rings. The highest BCUT2D eigenvalue weighted by atomic mass is 16.5. The molecule has 0 atom stereocenters. The van der Waals surface area contributed by atoms with E-state index in [-0.39, 0.29) is 5.91 Å². The predicted molar refractivity (Wildman–Crippen MR) is 82.1 cm³/mol. The van der Waals surface area contributed by atoms with Crippen molar-refractivity contribution in [2.45, 2.75) is 44.9 Å². The van der Waals surface area contributed by atoms with E-state index in [1.54, 1.807) is 18.2 Å². The molecule has 4 heteroatoms. The number of methoxy groups -OCH3 is 1. The molecule has 21 heavy (non-hydrogen) atoms. The molecule has 1 saturated carbocycles. The van der Waals surface area contributed by atoms with Gasteiger partial charge >= 0.3 is 0 Å². The van der Waals surface area contributed by atoms with Gasteiger partial charge in [0.05, 0.1) is 24.4 Å². The first-order valence-corrected chi connectivity index (χ1v) is 7.61. The Morgan fingerprint density at radius 2 is 2.14 bits per heavy atom. The maximum absolute atomic E-state index is 12.0. The number of anilines is 1. The van der Waals surface area contributed by atoms with Gasteiger partial charge in [-0.1, -0.05) is 32.1 Å². The zero-order valence-electron chi connectivity index (χ0n) is 12.5. The van der Waals surface area contributed by atoms with E-state index in [1.807, 2.05) is 0 Å². The number of ether oxygens (including phenoxy) is 1. The lowest BCUT2D eigenvalue weighted by Gasteiger charge is -2.21. The van der Waals surface area contributed by atoms with Crippen LogP contribution in [0.5, 0.6) is 5.75 Å². The largest absolute Gasteiger partial charge is 0.495 e. The van der Waals surface area contributed by atoms with E-state index in [9.17, 15) is 4.79 Å². The van der Waals surface area contributed by atoms with Gasteiger partial charge in [-0.15, -0.1) is 0 Å². The maximum Gasteiger partial charge on any atom is 0.224 e. The zero-order valence-corrected chi connectivity index (χ0v) is 12.5. The molecule has 1 aromatic carbocycles. The van der Waals surface area contributed by atoms with Crippen molar-refractivity contribution in [3.8, 4) is 11.8 Å². The van der Waals surface area contributed by atoms with Crippen molar-refractivity contribution < 1.29 is 9.53 Å². The van der Waals surface area contributed by atoms with E-state index in [1.165, 1.54) is 39.2 Å². The summed E-state index contributed by atoms with van der Waals surface area (Å²) in [6.45, 7) is 0. The summed E-state index contributed by atoms with van der Waals surface area (Å²) in [5, 5.41) is 11.7. The minimum absolute atomic E-state index is 0.0172. The number of hydrogen-bond acceptors (Lipinski definition) is 3. The molecule has 1 aliphatic carbocycles. The number of carbonyl (C=O) groups excluding carboxylic acids is 1. The van der Waals surface area contributed by atoms with Crippen molar-refractivity contribution in [2.24, 2.45) is 5.92 Å². The van der Waals surface area contributed by atoms with Gasteiger partial charge in [0.15, 0.2) is 0 Å². The Labute approximate surface area is 126 Å². The number of hydrogen-bond donors (Lipinski definition) is 1. The number of nitrogens with one attached hydrogen (secondary N) is 1. The standard InChI is InChI=1S/C17H22N2O2/c1-21-16-11-14(12-18)7-9-15(16)19-17(20)10-8-13-5-3-2-4-6-13/h7,9,11,13H,2-6,8,10H2,1H3,(H,19,20). The summed E-state index contributed by atoms with van der Waals surface area (Å²) in [7, 11) is 1.54. The zero-order chi connectivity index (χ0) is 15.1. The average Bonchev–Trinajstić information content (AvgIpc) is 2.54. The Hall–Kier alpha value is -2.02. The molecule has 2 rings (SSSR count). The third-order valence-electron chi connectivity index (χ3n) is 4.11. The van der Waals surface area contributed by atoms with Crippen LogP contribution in [0.2, 0.25) is 0 Å². The molecule has 0 aromatic heterocycles. The molecular weight excluding hydrogens is 264 g/mol. The topological polar surface area (TPSA) is 62.1 Å². The van der Waals surface area contributed by atoms with Crippen molar-refractivity contribution in [3.63, 3.8) is 0 Å². The summed E-state index contributed by atoms with van der Waals surface area (Å²) in [5.74, 6) is 1.25. The molecule has 0 bridgehead atoms. The maximum atomic E-state index is 12.0. The van der Waals surface area contributed by atoms with Gasteiger partial charge in [-0.2, -0.15) is 5.26 Å². The highest BCUT2D eigenvalue weighted by molar-refractivity contribution is 5.92. The minimum Gasteiger partial charge on any atom is -0.495 e. The predicted octanol–water partition coefficient (Wildman–Crippen LogP) is 3.87. The van der Waals surface area contributed by atoms with Gasteiger partial charge in [0, 0.05) is 12.5 Å². The molecule has 0 heterocycles. The second-order valence-corrected chi connectivity index (χ2v) is 5.62. The van der Waals surface area contributed by atoms with Crippen LogP contribution in [0.15, 0.2) is 18.2 Å². The third kappa shape index (κ3) is 4.49. The van der Waals surface area contributed by atoms with Gasteiger partial charge in [-0.3, -0.25) is 4.79 Å². The first-order valence-electron chi connectivity index (χ1n) is 7.61. The van der Waals surface area contributed by atoms with Gasteiger partial charge in [-0.05, 0) is 24.5 Å². The summed E-state index contributed by atoms with van der Waals surface area (Å²) in [5.41, 5.74) is 1.15. The van der Waals surface area contributed by atoms with Gasteiger partial charge in [-0.25, -0.2) is 0 Å². The fraction of sp³-hybridized carbons (Fsp3) is 0.529. The Morgan fingerprint density at radius 3 is 2.81 bits per heavy atom. The normalized spacial score (nSPS) is 15.2. The Morgan fingerprint density at radius 1 is 1.38 bits per heavy atom. The van der Waals surface area contributed by atoms with Gasteiger partial charge < -0.3 is 10.1 Å². The fourth-order valence-corrected chi connectivity index (χ4v) is 2.89. The van der Waals surface area contributed by atoms with Crippen molar-refractivity contribution in [1.82, 2.24) is 0 Å². The van der Waals surface area contributed by atoms with E-state index in [4.69, 9.17) is 10.00 Å². The lowest BCUT2D eigenvalue weighted by atomic mass is 9.86. The number of nitrogens with zero attached hydrogens (tertiary/aromatic N) is 1. The number of benzene rings is 1. The highest BCUT2D eigenvalue weighted by Crippen LogP contribution is 2.28. The fourth-order valence-electron chi connectivity index (χ4n) is 2.89. The smallest absolute Gasteiger partial charge is 0.224 e. The highest BCUT2D eigenvalue weighted by Gasteiger charge is 2.15. The van der Waals surface area contributed by atoms with E-state index < -0.39 is 0 Å². The van der Waals surface area contributed by atoms with Crippen LogP contribution < -0.4 is 10.1 Å². The summed E-state index contributed by atoms with van der Waals surface area (Å²) in [4.78, 5) is 12.0. The summed E-state index contributed by atoms with van der Waals surface area (Å²) >= 11 is 0. The first-order chi connectivity index (χ1) is 10.2. The SMILES string of the molecule is COc1cc(C#N)ccc1NC(=O)CCC1CCCCC1. The molecule has 112 valence electrons. The van der Waals surface area contributed by atoms with Crippen LogP contribution in [0, 0.1) is 17.2 Å². The second-order valence-electron chi connectivity index (χ2n) is 5.62. The molecule has 0 aliphatic heterocycles. The van der Waals surface area contributed by atoms with Crippen LogP contribution in [-0.4, -0.2) is 13.0 Å². The van der Waals surface area contributed by atoms with Crippen molar-refractivity contribution >= 4 is 11.6 Å². The summed E-state index contributed by atoms with van der Waals surface area (Å²) in [6, 6.07) is 7.09. The van der Waals surface area contributed by atoms with E-state index >= 15 is 0 Å². The molecule has 1 amide bonds. The lowest BCUT2D eigenvalue weighted by molar-refractivity contribution is -0.116. The molecule has 0 unspecified atom stereocenters. The molecule has 1 N–H and O–H groups in total. The van der Waals surface area contributed by atoms with E-state index in [0.717, 1.165) is 6.42 Å². The molecular formula is C17H22N2O2. The summed E-state index contributed by atoms with van der Waals surface area (Å²) < 4.78 is 5.22. The van der Waals surface area contributed by atoms with Gasteiger partial charge in [0.2, 0.25) is 5.91 Å². The Balaban J connectivity index is 1.88. The monoisotopic (exact) mass is 286 g/mol. The molecule has 4 nitrogen and oxygen atoms in total. The Kier molecular flexibility index (Phi) is 5.62. The quantitative estimate of drug-likeness (QED) is 0.893. The molecule has 1 fully saturated rings. The van der Waals surface area contributed by atoms with E-state index in [2.05, 4.69) is 11.4 Å². The minimum atomic E-state index is 0.0172. The van der Waals surface area contributed by atoms with Gasteiger partial charge in [0.1, 0.15) is 5.75 Å². The van der Waals surface area contributed by atoms with Crippen molar-refractivity contribution in [3.05, 3.63) is 23.8 Å². The average molecular weight is 286 g/mol. The van der Waals surface area contributed by atoms with Crippen LogP contribution in [0.25, 0.3) is 0 Å². The molecule has 0 spiro atoms. The summed E-state index contributed by atoms with van der Waals surface area (Å²) in [6.07, 6.45) is 7.97. The van der Waals surface area contributed by atoms with Gasteiger partial charge in [0.25, 0.3) is 0 Å². The molecule has 1 aromatic rings. The van der Waals surface area contributed by atoms with Crippen LogP contribution in [0.3, 0.4) is 0 Å². The van der Waals surface area contributed by atoms with Crippen LogP contribution >= 0.6 is 0 Å². The van der Waals surface area contributed by atoms with Crippen LogP contribution in [0.4, 0.5) is 5.69 Å². The number of rotatable bonds is 5. The van der Waals surface area contributed by atoms with Crippen molar-refractivity contribution in [2.75, 3.05) is 12.4 Å². The number of amides is 1. The van der Waals surface area contributed by atoms with Crippen LogP contribution in [0.1, 0.15) is 50.5 Å². The molecule has 0 saturated heterocycles.